The van der Waals surface area contributed by atoms with Gasteiger partial charge in [-0.3, -0.25) is 9.69 Å². The molecule has 1 aliphatic heterocycles. The molecule has 0 bridgehead atoms. The van der Waals surface area contributed by atoms with E-state index in [9.17, 15) is 9.59 Å². The number of hydrogen-bond acceptors (Lipinski definition) is 3. The van der Waals surface area contributed by atoms with Gasteiger partial charge in [0.25, 0.3) is 0 Å². The van der Waals surface area contributed by atoms with Gasteiger partial charge in [-0.25, -0.2) is 4.79 Å². The van der Waals surface area contributed by atoms with Gasteiger partial charge >= 0.3 is 6.03 Å². The van der Waals surface area contributed by atoms with Crippen molar-refractivity contribution in [2.45, 2.75) is 38.4 Å². The van der Waals surface area contributed by atoms with Crippen LogP contribution < -0.4 is 10.6 Å². The number of benzene rings is 2. The van der Waals surface area contributed by atoms with Crippen LogP contribution in [0.25, 0.3) is 0 Å². The van der Waals surface area contributed by atoms with E-state index in [0.29, 0.717) is 13.1 Å². The SMILES string of the molecule is CN(Cc1ccccc1)C(=O)CCNC(=O)NC1CCN(Cc2ccc(Cl)cc2)CC1. The number of nitrogens with one attached hydrogen (secondary N) is 2. The Morgan fingerprint density at radius 1 is 1.03 bits per heavy atom. The van der Waals surface area contributed by atoms with E-state index in [1.165, 1.54) is 5.56 Å². The molecule has 3 amide bonds. The van der Waals surface area contributed by atoms with Crippen molar-refractivity contribution in [3.8, 4) is 0 Å². The zero-order valence-electron chi connectivity index (χ0n) is 18.0. The van der Waals surface area contributed by atoms with E-state index in [1.807, 2.05) is 42.5 Å². The van der Waals surface area contributed by atoms with Crippen LogP contribution in [0.3, 0.4) is 0 Å². The third kappa shape index (κ3) is 7.89. The number of halogens is 1. The topological polar surface area (TPSA) is 64.7 Å². The van der Waals surface area contributed by atoms with Crippen molar-refractivity contribution in [2.24, 2.45) is 0 Å². The smallest absolute Gasteiger partial charge is 0.315 e. The van der Waals surface area contributed by atoms with Gasteiger partial charge < -0.3 is 15.5 Å². The second-order valence-corrected chi connectivity index (χ2v) is 8.50. The monoisotopic (exact) mass is 442 g/mol. The fourth-order valence-electron chi connectivity index (χ4n) is 3.74. The molecule has 6 nitrogen and oxygen atoms in total. The van der Waals surface area contributed by atoms with Crippen molar-refractivity contribution < 1.29 is 9.59 Å². The second kappa shape index (κ2) is 11.7. The summed E-state index contributed by atoms with van der Waals surface area (Å²) in [5, 5.41) is 6.60. The van der Waals surface area contributed by atoms with Gasteiger partial charge in [0.15, 0.2) is 0 Å². The molecule has 31 heavy (non-hydrogen) atoms. The Hall–Kier alpha value is -2.57. The minimum absolute atomic E-state index is 0.0136. The number of hydrogen-bond donors (Lipinski definition) is 2. The van der Waals surface area contributed by atoms with Crippen LogP contribution in [0.5, 0.6) is 0 Å². The summed E-state index contributed by atoms with van der Waals surface area (Å²) in [7, 11) is 1.78. The quantitative estimate of drug-likeness (QED) is 0.655. The molecule has 1 aliphatic rings. The van der Waals surface area contributed by atoms with Gasteiger partial charge in [-0.2, -0.15) is 0 Å². The maximum atomic E-state index is 12.3. The van der Waals surface area contributed by atoms with Gasteiger partial charge in [0.2, 0.25) is 5.91 Å². The highest BCUT2D eigenvalue weighted by Crippen LogP contribution is 2.16. The maximum Gasteiger partial charge on any atom is 0.315 e. The largest absolute Gasteiger partial charge is 0.341 e. The van der Waals surface area contributed by atoms with E-state index in [4.69, 9.17) is 11.6 Å². The lowest BCUT2D eigenvalue weighted by Gasteiger charge is -2.32. The predicted molar refractivity (Wildman–Crippen MR) is 124 cm³/mol. The van der Waals surface area contributed by atoms with Gasteiger partial charge in [-0.1, -0.05) is 54.1 Å². The van der Waals surface area contributed by atoms with Crippen LogP contribution in [0, 0.1) is 0 Å². The second-order valence-electron chi connectivity index (χ2n) is 8.06. The molecular weight excluding hydrogens is 412 g/mol. The number of rotatable bonds is 8. The molecule has 0 unspecified atom stereocenters. The molecule has 0 atom stereocenters. The average Bonchev–Trinajstić information content (AvgIpc) is 2.77. The number of carbonyl (C=O) groups is 2. The van der Waals surface area contributed by atoms with E-state index >= 15 is 0 Å². The van der Waals surface area contributed by atoms with Crippen LogP contribution in [0.4, 0.5) is 4.79 Å². The van der Waals surface area contributed by atoms with Crippen LogP contribution in [-0.2, 0) is 17.9 Å². The molecule has 1 heterocycles. The minimum Gasteiger partial charge on any atom is -0.341 e. The van der Waals surface area contributed by atoms with Crippen LogP contribution in [-0.4, -0.2) is 54.5 Å². The molecule has 0 spiro atoms. The predicted octanol–water partition coefficient (Wildman–Crippen LogP) is 3.65. The number of amides is 3. The molecule has 3 rings (SSSR count). The molecule has 2 N–H and O–H groups in total. The van der Waals surface area contributed by atoms with E-state index < -0.39 is 0 Å². The fourth-order valence-corrected chi connectivity index (χ4v) is 3.87. The van der Waals surface area contributed by atoms with Crippen LogP contribution in [0.15, 0.2) is 54.6 Å². The van der Waals surface area contributed by atoms with Crippen molar-refractivity contribution in [3.05, 3.63) is 70.7 Å². The van der Waals surface area contributed by atoms with Gasteiger partial charge in [-0.15, -0.1) is 0 Å². The molecule has 1 saturated heterocycles. The van der Waals surface area contributed by atoms with E-state index in [-0.39, 0.29) is 24.4 Å². The summed E-state index contributed by atoms with van der Waals surface area (Å²) >= 11 is 5.94. The third-order valence-corrected chi connectivity index (χ3v) is 5.81. The summed E-state index contributed by atoms with van der Waals surface area (Å²) in [6, 6.07) is 17.8. The van der Waals surface area contributed by atoms with Gasteiger partial charge in [0, 0.05) is 57.3 Å². The van der Waals surface area contributed by atoms with Crippen molar-refractivity contribution in [1.82, 2.24) is 20.4 Å². The highest BCUT2D eigenvalue weighted by molar-refractivity contribution is 6.30. The number of urea groups is 1. The molecule has 1 fully saturated rings. The lowest BCUT2D eigenvalue weighted by molar-refractivity contribution is -0.130. The van der Waals surface area contributed by atoms with Crippen molar-refractivity contribution >= 4 is 23.5 Å². The molecular formula is C24H31ClN4O2. The molecule has 7 heteroatoms. The lowest BCUT2D eigenvalue weighted by atomic mass is 10.0. The summed E-state index contributed by atoms with van der Waals surface area (Å²) < 4.78 is 0. The minimum atomic E-state index is -0.199. The fraction of sp³-hybridized carbons (Fsp3) is 0.417. The van der Waals surface area contributed by atoms with E-state index in [2.05, 4.69) is 27.7 Å². The first-order valence-electron chi connectivity index (χ1n) is 10.8. The summed E-state index contributed by atoms with van der Waals surface area (Å²) in [5.41, 5.74) is 2.34. The molecule has 2 aromatic carbocycles. The molecule has 166 valence electrons. The van der Waals surface area contributed by atoms with E-state index in [1.54, 1.807) is 11.9 Å². The Morgan fingerprint density at radius 2 is 1.71 bits per heavy atom. The van der Waals surface area contributed by atoms with Crippen molar-refractivity contribution in [2.75, 3.05) is 26.7 Å². The maximum absolute atomic E-state index is 12.3. The summed E-state index contributed by atoms with van der Waals surface area (Å²) in [6.45, 7) is 3.68. The normalized spacial score (nSPS) is 14.8. The zero-order chi connectivity index (χ0) is 22.1. The number of piperidine rings is 1. The Bertz CT molecular complexity index is 836. The zero-order valence-corrected chi connectivity index (χ0v) is 18.8. The van der Waals surface area contributed by atoms with E-state index in [0.717, 1.165) is 43.1 Å². The highest BCUT2D eigenvalue weighted by Gasteiger charge is 2.20. The Balaban J connectivity index is 1.29. The van der Waals surface area contributed by atoms with Gasteiger partial charge in [0.1, 0.15) is 0 Å². The Kier molecular flexibility index (Phi) is 8.74. The molecule has 0 saturated carbocycles. The number of likely N-dealkylation sites (tertiary alicyclic amines) is 1. The first-order chi connectivity index (χ1) is 15.0. The first-order valence-corrected chi connectivity index (χ1v) is 11.2. The van der Waals surface area contributed by atoms with Gasteiger partial charge in [-0.05, 0) is 36.1 Å². The Labute approximate surface area is 189 Å². The number of nitrogens with zero attached hydrogens (tertiary/aromatic N) is 2. The highest BCUT2D eigenvalue weighted by atomic mass is 35.5. The van der Waals surface area contributed by atoms with Crippen LogP contribution in [0.1, 0.15) is 30.4 Å². The van der Waals surface area contributed by atoms with Gasteiger partial charge in [0.05, 0.1) is 0 Å². The molecule has 0 aliphatic carbocycles. The first kappa shape index (κ1) is 23.1. The standard InChI is InChI=1S/C24H31ClN4O2/c1-28(17-19-5-3-2-4-6-19)23(30)11-14-26-24(31)27-22-12-15-29(16-13-22)18-20-7-9-21(25)10-8-20/h2-10,22H,11-18H2,1H3,(H2,26,27,31). The number of carbonyl (C=O) groups excluding carboxylic acids is 2. The molecule has 0 aromatic heterocycles. The molecule has 0 radical (unpaired) electrons. The third-order valence-electron chi connectivity index (χ3n) is 5.55. The van der Waals surface area contributed by atoms with Crippen LogP contribution in [0.2, 0.25) is 5.02 Å². The lowest BCUT2D eigenvalue weighted by Crippen LogP contribution is -2.48. The summed E-state index contributed by atoms with van der Waals surface area (Å²) in [6.07, 6.45) is 2.12. The summed E-state index contributed by atoms with van der Waals surface area (Å²) in [5.74, 6) is 0.0136. The average molecular weight is 443 g/mol. The van der Waals surface area contributed by atoms with Crippen molar-refractivity contribution in [1.29, 1.82) is 0 Å². The van der Waals surface area contributed by atoms with Crippen molar-refractivity contribution in [3.63, 3.8) is 0 Å². The molecule has 2 aromatic rings. The van der Waals surface area contributed by atoms with Crippen LogP contribution >= 0.6 is 11.6 Å². The Morgan fingerprint density at radius 3 is 2.39 bits per heavy atom. The summed E-state index contributed by atoms with van der Waals surface area (Å²) in [4.78, 5) is 28.5.